The number of H-pyrrole nitrogens is 1. The van der Waals surface area contributed by atoms with Crippen LogP contribution in [0, 0.1) is 11.8 Å². The van der Waals surface area contributed by atoms with Crippen LogP contribution in [0.2, 0.25) is 0 Å². The molecule has 27 heavy (non-hydrogen) atoms. The molecule has 2 aromatic heterocycles. The Labute approximate surface area is 157 Å². The maximum Gasteiger partial charge on any atom is 0.291 e. The van der Waals surface area contributed by atoms with Gasteiger partial charge in [0.25, 0.3) is 5.91 Å². The monoisotopic (exact) mass is 365 g/mol. The number of aromatic amines is 1. The van der Waals surface area contributed by atoms with E-state index in [0.29, 0.717) is 23.7 Å². The standard InChI is InChI=1S/C19H23N7O/c1-12(2)26-16-6-4-3-5-15(16)22-19(26)25-9-13-7-24(8-14(13)10-25)18(27)17-20-11-21-23-17/h3-6,11-14H,7-10H2,1-2H3,(H,20,21,23). The summed E-state index contributed by atoms with van der Waals surface area (Å²) in [4.78, 5) is 25.7. The third-order valence-corrected chi connectivity index (χ3v) is 5.77. The normalized spacial score (nSPS) is 22.2. The summed E-state index contributed by atoms with van der Waals surface area (Å²) in [7, 11) is 0. The van der Waals surface area contributed by atoms with Gasteiger partial charge < -0.3 is 14.4 Å². The lowest BCUT2D eigenvalue weighted by atomic mass is 10.0. The fourth-order valence-electron chi connectivity index (χ4n) is 4.54. The van der Waals surface area contributed by atoms with Crippen molar-refractivity contribution in [3.05, 3.63) is 36.4 Å². The molecule has 2 saturated heterocycles. The number of aromatic nitrogens is 5. The first-order valence-corrected chi connectivity index (χ1v) is 9.48. The van der Waals surface area contributed by atoms with Crippen molar-refractivity contribution in [3.8, 4) is 0 Å². The molecule has 2 atom stereocenters. The van der Waals surface area contributed by atoms with Gasteiger partial charge in [-0.3, -0.25) is 9.89 Å². The summed E-state index contributed by atoms with van der Waals surface area (Å²) in [6.07, 6.45) is 1.38. The van der Waals surface area contributed by atoms with Crippen LogP contribution in [0.25, 0.3) is 11.0 Å². The summed E-state index contributed by atoms with van der Waals surface area (Å²) in [5.74, 6) is 2.26. The van der Waals surface area contributed by atoms with Gasteiger partial charge in [0.05, 0.1) is 11.0 Å². The van der Waals surface area contributed by atoms with Crippen molar-refractivity contribution in [1.29, 1.82) is 0 Å². The number of rotatable bonds is 3. The van der Waals surface area contributed by atoms with Crippen LogP contribution >= 0.6 is 0 Å². The largest absolute Gasteiger partial charge is 0.342 e. The van der Waals surface area contributed by atoms with Crippen LogP contribution in [0.3, 0.4) is 0 Å². The quantitative estimate of drug-likeness (QED) is 0.767. The number of nitrogens with zero attached hydrogens (tertiary/aromatic N) is 6. The molecule has 0 saturated carbocycles. The number of fused-ring (bicyclic) bond motifs is 2. The molecular formula is C19H23N7O. The number of anilines is 1. The highest BCUT2D eigenvalue weighted by atomic mass is 16.2. The second-order valence-corrected chi connectivity index (χ2v) is 7.83. The van der Waals surface area contributed by atoms with Gasteiger partial charge in [0.1, 0.15) is 6.33 Å². The Bertz CT molecular complexity index is 963. The lowest BCUT2D eigenvalue weighted by Crippen LogP contribution is -2.34. The maximum atomic E-state index is 12.5. The number of hydrogen-bond donors (Lipinski definition) is 1. The lowest BCUT2D eigenvalue weighted by molar-refractivity contribution is 0.0771. The van der Waals surface area contributed by atoms with Crippen LogP contribution in [0.5, 0.6) is 0 Å². The first kappa shape index (κ1) is 16.3. The maximum absolute atomic E-state index is 12.5. The van der Waals surface area contributed by atoms with Crippen molar-refractivity contribution in [2.75, 3.05) is 31.1 Å². The SMILES string of the molecule is CC(C)n1c(N2CC3CN(C(=O)c4ncn[nH]4)CC3C2)nc2ccccc21. The number of imidazole rings is 1. The van der Waals surface area contributed by atoms with E-state index in [9.17, 15) is 4.79 Å². The molecule has 1 N–H and O–H groups in total. The summed E-state index contributed by atoms with van der Waals surface area (Å²) in [5, 5.41) is 6.46. The Morgan fingerprint density at radius 3 is 2.56 bits per heavy atom. The fourth-order valence-corrected chi connectivity index (χ4v) is 4.54. The molecule has 0 bridgehead atoms. The van der Waals surface area contributed by atoms with Gasteiger partial charge in [-0.05, 0) is 26.0 Å². The summed E-state index contributed by atoms with van der Waals surface area (Å²) >= 11 is 0. The molecule has 8 nitrogen and oxygen atoms in total. The molecule has 0 radical (unpaired) electrons. The van der Waals surface area contributed by atoms with E-state index >= 15 is 0 Å². The summed E-state index contributed by atoms with van der Waals surface area (Å²) in [6.45, 7) is 7.80. The van der Waals surface area contributed by atoms with Crippen molar-refractivity contribution in [3.63, 3.8) is 0 Å². The van der Waals surface area contributed by atoms with Crippen molar-refractivity contribution < 1.29 is 4.79 Å². The van der Waals surface area contributed by atoms with Gasteiger partial charge in [0, 0.05) is 44.1 Å². The van der Waals surface area contributed by atoms with Crippen molar-refractivity contribution in [2.24, 2.45) is 11.8 Å². The Kier molecular flexibility index (Phi) is 3.66. The van der Waals surface area contributed by atoms with Crippen LogP contribution in [-0.4, -0.2) is 61.7 Å². The van der Waals surface area contributed by atoms with Gasteiger partial charge in [-0.2, -0.15) is 5.10 Å². The number of likely N-dealkylation sites (tertiary alicyclic amines) is 1. The van der Waals surface area contributed by atoms with Crippen molar-refractivity contribution >= 4 is 22.9 Å². The minimum absolute atomic E-state index is 0.0529. The number of amides is 1. The molecule has 0 spiro atoms. The zero-order valence-corrected chi connectivity index (χ0v) is 15.5. The first-order chi connectivity index (χ1) is 13.1. The number of nitrogens with one attached hydrogen (secondary N) is 1. The molecule has 1 amide bonds. The van der Waals surface area contributed by atoms with E-state index in [1.807, 2.05) is 11.0 Å². The Hall–Kier alpha value is -2.90. The summed E-state index contributed by atoms with van der Waals surface area (Å²) in [6, 6.07) is 8.67. The van der Waals surface area contributed by atoms with Gasteiger partial charge in [0.15, 0.2) is 0 Å². The first-order valence-electron chi connectivity index (χ1n) is 9.48. The number of benzene rings is 1. The molecule has 5 rings (SSSR count). The van der Waals surface area contributed by atoms with Gasteiger partial charge in [-0.1, -0.05) is 12.1 Å². The van der Waals surface area contributed by atoms with E-state index in [-0.39, 0.29) is 5.91 Å². The van der Waals surface area contributed by atoms with Crippen LogP contribution in [0.1, 0.15) is 30.5 Å². The number of carbonyl (C=O) groups is 1. The van der Waals surface area contributed by atoms with E-state index in [1.165, 1.54) is 11.8 Å². The van der Waals surface area contributed by atoms with E-state index in [0.717, 1.165) is 37.6 Å². The third-order valence-electron chi connectivity index (χ3n) is 5.77. The third kappa shape index (κ3) is 2.58. The predicted octanol–water partition coefficient (Wildman–Crippen LogP) is 1.94. The molecule has 2 fully saturated rings. The average Bonchev–Trinajstić information content (AvgIpc) is 3.41. The smallest absolute Gasteiger partial charge is 0.291 e. The zero-order valence-electron chi connectivity index (χ0n) is 15.5. The molecule has 8 heteroatoms. The molecule has 2 aliphatic heterocycles. The van der Waals surface area contributed by atoms with Gasteiger partial charge in [0.2, 0.25) is 11.8 Å². The molecule has 2 unspecified atom stereocenters. The number of carbonyl (C=O) groups excluding carboxylic acids is 1. The Morgan fingerprint density at radius 1 is 1.15 bits per heavy atom. The number of para-hydroxylation sites is 2. The molecule has 4 heterocycles. The van der Waals surface area contributed by atoms with E-state index < -0.39 is 0 Å². The second kappa shape index (κ2) is 6.07. The highest BCUT2D eigenvalue weighted by Crippen LogP contribution is 2.36. The van der Waals surface area contributed by atoms with E-state index in [2.05, 4.69) is 56.7 Å². The topological polar surface area (TPSA) is 82.9 Å². The lowest BCUT2D eigenvalue weighted by Gasteiger charge is -2.24. The predicted molar refractivity (Wildman–Crippen MR) is 102 cm³/mol. The molecule has 3 aromatic rings. The van der Waals surface area contributed by atoms with Gasteiger partial charge in [-0.25, -0.2) is 9.97 Å². The van der Waals surface area contributed by atoms with Crippen molar-refractivity contribution in [1.82, 2.24) is 29.6 Å². The summed E-state index contributed by atoms with van der Waals surface area (Å²) in [5.41, 5.74) is 2.22. The Balaban J connectivity index is 1.37. The molecular weight excluding hydrogens is 342 g/mol. The van der Waals surface area contributed by atoms with Crippen LogP contribution in [0.4, 0.5) is 5.95 Å². The van der Waals surface area contributed by atoms with Crippen LogP contribution in [0.15, 0.2) is 30.6 Å². The zero-order chi connectivity index (χ0) is 18.5. The fraction of sp³-hybridized carbons (Fsp3) is 0.474. The Morgan fingerprint density at radius 2 is 1.89 bits per heavy atom. The van der Waals surface area contributed by atoms with E-state index in [4.69, 9.17) is 4.98 Å². The van der Waals surface area contributed by atoms with Crippen molar-refractivity contribution in [2.45, 2.75) is 19.9 Å². The summed E-state index contributed by atoms with van der Waals surface area (Å²) < 4.78 is 2.33. The number of hydrogen-bond acceptors (Lipinski definition) is 5. The van der Waals surface area contributed by atoms with E-state index in [1.54, 1.807) is 0 Å². The van der Waals surface area contributed by atoms with Gasteiger partial charge >= 0.3 is 0 Å². The minimum atomic E-state index is -0.0529. The molecule has 1 aromatic carbocycles. The minimum Gasteiger partial charge on any atom is -0.342 e. The second-order valence-electron chi connectivity index (χ2n) is 7.83. The molecule has 140 valence electrons. The van der Waals surface area contributed by atoms with Gasteiger partial charge in [-0.15, -0.1) is 0 Å². The molecule has 2 aliphatic rings. The molecule has 0 aliphatic carbocycles. The van der Waals surface area contributed by atoms with Crippen LogP contribution in [-0.2, 0) is 0 Å². The van der Waals surface area contributed by atoms with Crippen LogP contribution < -0.4 is 4.90 Å². The average molecular weight is 365 g/mol. The highest BCUT2D eigenvalue weighted by Gasteiger charge is 2.43. The highest BCUT2D eigenvalue weighted by molar-refractivity contribution is 5.90.